The van der Waals surface area contributed by atoms with Crippen LogP contribution in [0.1, 0.15) is 24.2 Å². The van der Waals surface area contributed by atoms with Crippen molar-refractivity contribution in [2.75, 3.05) is 0 Å². The van der Waals surface area contributed by atoms with Gasteiger partial charge in [-0.2, -0.15) is 5.26 Å². The van der Waals surface area contributed by atoms with Gasteiger partial charge in [0.2, 0.25) is 0 Å². The van der Waals surface area contributed by atoms with Crippen LogP contribution < -0.4 is 4.74 Å². The molecular weight excluding hydrogens is 264 g/mol. The van der Waals surface area contributed by atoms with Gasteiger partial charge in [-0.1, -0.05) is 6.07 Å². The second kappa shape index (κ2) is 5.68. The lowest BCUT2D eigenvalue weighted by Crippen LogP contribution is -1.97. The summed E-state index contributed by atoms with van der Waals surface area (Å²) < 4.78 is 31.6. The van der Waals surface area contributed by atoms with Crippen LogP contribution in [-0.2, 0) is 0 Å². The van der Waals surface area contributed by atoms with Crippen LogP contribution in [0.5, 0.6) is 11.5 Å². The lowest BCUT2D eigenvalue weighted by Gasteiger charge is -2.13. The van der Waals surface area contributed by atoms with E-state index in [1.807, 2.05) is 6.07 Å². The molecule has 20 heavy (non-hydrogen) atoms. The first-order valence-corrected chi connectivity index (χ1v) is 5.85. The number of ether oxygens (including phenoxy) is 1. The van der Waals surface area contributed by atoms with E-state index in [-0.39, 0.29) is 11.5 Å². The fraction of sp³-hybridized carbons (Fsp3) is 0.133. The van der Waals surface area contributed by atoms with Crippen molar-refractivity contribution >= 4 is 0 Å². The van der Waals surface area contributed by atoms with E-state index in [1.165, 1.54) is 25.1 Å². The highest BCUT2D eigenvalue weighted by molar-refractivity contribution is 5.45. The van der Waals surface area contributed by atoms with Crippen LogP contribution in [0.15, 0.2) is 36.4 Å². The molecule has 1 atom stereocenters. The maximum Gasteiger partial charge on any atom is 0.134 e. The number of nitriles is 1. The first-order valence-electron chi connectivity index (χ1n) is 5.85. The third-order valence-electron chi connectivity index (χ3n) is 2.66. The lowest BCUT2D eigenvalue weighted by atomic mass is 10.1. The van der Waals surface area contributed by atoms with Gasteiger partial charge in [0.25, 0.3) is 0 Å². The minimum absolute atomic E-state index is 0.0421. The van der Waals surface area contributed by atoms with Crippen molar-refractivity contribution in [1.82, 2.24) is 0 Å². The van der Waals surface area contributed by atoms with Gasteiger partial charge in [0.15, 0.2) is 0 Å². The average Bonchev–Trinajstić information content (AvgIpc) is 2.37. The molecule has 0 unspecified atom stereocenters. The molecule has 2 aromatic carbocycles. The summed E-state index contributed by atoms with van der Waals surface area (Å²) in [7, 11) is 0. The highest BCUT2D eigenvalue weighted by Crippen LogP contribution is 2.31. The molecule has 0 spiro atoms. The molecule has 0 bridgehead atoms. The zero-order valence-electron chi connectivity index (χ0n) is 10.6. The van der Waals surface area contributed by atoms with Crippen molar-refractivity contribution in [1.29, 1.82) is 5.26 Å². The third-order valence-corrected chi connectivity index (χ3v) is 2.66. The maximum absolute atomic E-state index is 13.1. The fourth-order valence-electron chi connectivity index (χ4n) is 1.75. The quantitative estimate of drug-likeness (QED) is 0.929. The highest BCUT2D eigenvalue weighted by Gasteiger charge is 2.12. The Balaban J connectivity index is 2.43. The molecule has 102 valence electrons. The number of rotatable bonds is 3. The van der Waals surface area contributed by atoms with E-state index in [9.17, 15) is 13.9 Å². The van der Waals surface area contributed by atoms with Crippen LogP contribution in [0.3, 0.4) is 0 Å². The second-order valence-corrected chi connectivity index (χ2v) is 4.25. The topological polar surface area (TPSA) is 53.2 Å². The van der Waals surface area contributed by atoms with E-state index >= 15 is 0 Å². The average molecular weight is 275 g/mol. The van der Waals surface area contributed by atoms with Crippen molar-refractivity contribution < 1.29 is 18.6 Å². The molecule has 2 aromatic rings. The van der Waals surface area contributed by atoms with E-state index in [0.717, 1.165) is 18.2 Å². The van der Waals surface area contributed by atoms with Crippen molar-refractivity contribution in [3.8, 4) is 17.6 Å². The molecule has 0 amide bonds. The maximum atomic E-state index is 13.1. The second-order valence-electron chi connectivity index (χ2n) is 4.25. The molecule has 5 heteroatoms. The molecule has 2 rings (SSSR count). The Morgan fingerprint density at radius 1 is 1.15 bits per heavy atom. The van der Waals surface area contributed by atoms with Gasteiger partial charge in [0.1, 0.15) is 23.1 Å². The highest BCUT2D eigenvalue weighted by atomic mass is 19.1. The molecule has 0 saturated carbocycles. The third kappa shape index (κ3) is 3.11. The first-order chi connectivity index (χ1) is 9.49. The Hall–Kier alpha value is -2.45. The van der Waals surface area contributed by atoms with Crippen LogP contribution in [0, 0.1) is 23.0 Å². The van der Waals surface area contributed by atoms with Gasteiger partial charge in [0.05, 0.1) is 17.7 Å². The number of benzene rings is 2. The summed E-state index contributed by atoms with van der Waals surface area (Å²) in [5.74, 6) is -1.39. The Morgan fingerprint density at radius 2 is 1.80 bits per heavy atom. The fourth-order valence-corrected chi connectivity index (χ4v) is 1.75. The number of aliphatic hydroxyl groups is 1. The first kappa shape index (κ1) is 14.0. The van der Waals surface area contributed by atoms with E-state index in [0.29, 0.717) is 11.1 Å². The SMILES string of the molecule is C[C@H](O)c1ccc(C#N)cc1Oc1cc(F)cc(F)c1. The largest absolute Gasteiger partial charge is 0.457 e. The molecule has 0 radical (unpaired) electrons. The summed E-state index contributed by atoms with van der Waals surface area (Å²) in [4.78, 5) is 0. The molecular formula is C15H11F2NO2. The Morgan fingerprint density at radius 3 is 2.35 bits per heavy atom. The number of aliphatic hydroxyl groups excluding tert-OH is 1. The summed E-state index contributed by atoms with van der Waals surface area (Å²) in [6, 6.07) is 9.18. The van der Waals surface area contributed by atoms with E-state index < -0.39 is 17.7 Å². The number of hydrogen-bond acceptors (Lipinski definition) is 3. The number of hydrogen-bond donors (Lipinski definition) is 1. The minimum atomic E-state index is -0.837. The molecule has 0 aliphatic carbocycles. The molecule has 0 aliphatic heterocycles. The lowest BCUT2D eigenvalue weighted by molar-refractivity contribution is 0.195. The molecule has 0 aliphatic rings. The minimum Gasteiger partial charge on any atom is -0.457 e. The summed E-state index contributed by atoms with van der Waals surface area (Å²) in [6.45, 7) is 1.53. The Bertz CT molecular complexity index is 658. The van der Waals surface area contributed by atoms with Gasteiger partial charge in [0, 0.05) is 23.8 Å². The van der Waals surface area contributed by atoms with Gasteiger partial charge in [-0.3, -0.25) is 0 Å². The van der Waals surface area contributed by atoms with Crippen LogP contribution in [0.25, 0.3) is 0 Å². The molecule has 3 nitrogen and oxygen atoms in total. The number of halogens is 2. The monoisotopic (exact) mass is 275 g/mol. The van der Waals surface area contributed by atoms with Crippen molar-refractivity contribution in [3.63, 3.8) is 0 Å². The van der Waals surface area contributed by atoms with Gasteiger partial charge in [-0.05, 0) is 19.1 Å². The van der Waals surface area contributed by atoms with E-state index in [4.69, 9.17) is 10.00 Å². The zero-order chi connectivity index (χ0) is 14.7. The van der Waals surface area contributed by atoms with Gasteiger partial charge >= 0.3 is 0 Å². The van der Waals surface area contributed by atoms with Crippen LogP contribution >= 0.6 is 0 Å². The summed E-state index contributed by atoms with van der Waals surface area (Å²) in [5.41, 5.74) is 0.745. The van der Waals surface area contributed by atoms with Crippen LogP contribution in [0.4, 0.5) is 8.78 Å². The van der Waals surface area contributed by atoms with Gasteiger partial charge < -0.3 is 9.84 Å². The summed E-state index contributed by atoms with van der Waals surface area (Å²) in [6.07, 6.45) is -0.837. The number of nitrogens with zero attached hydrogens (tertiary/aromatic N) is 1. The molecule has 0 fully saturated rings. The Kier molecular flexibility index (Phi) is 3.97. The van der Waals surface area contributed by atoms with Gasteiger partial charge in [-0.25, -0.2) is 8.78 Å². The summed E-state index contributed by atoms with van der Waals surface area (Å²) >= 11 is 0. The van der Waals surface area contributed by atoms with E-state index in [2.05, 4.69) is 0 Å². The summed E-state index contributed by atoms with van der Waals surface area (Å²) in [5, 5.41) is 18.5. The van der Waals surface area contributed by atoms with Crippen molar-refractivity contribution in [3.05, 3.63) is 59.2 Å². The molecule has 0 aromatic heterocycles. The van der Waals surface area contributed by atoms with Crippen LogP contribution in [0.2, 0.25) is 0 Å². The van der Waals surface area contributed by atoms with Crippen molar-refractivity contribution in [2.45, 2.75) is 13.0 Å². The predicted molar refractivity (Wildman–Crippen MR) is 68.2 cm³/mol. The molecule has 0 saturated heterocycles. The zero-order valence-corrected chi connectivity index (χ0v) is 10.6. The van der Waals surface area contributed by atoms with Crippen molar-refractivity contribution in [2.24, 2.45) is 0 Å². The smallest absolute Gasteiger partial charge is 0.134 e. The van der Waals surface area contributed by atoms with Gasteiger partial charge in [-0.15, -0.1) is 0 Å². The standard InChI is InChI=1S/C15H11F2NO2/c1-9(19)14-3-2-10(8-18)4-15(14)20-13-6-11(16)5-12(17)7-13/h2-7,9,19H,1H3/t9-/m0/s1. The molecule has 1 N–H and O–H groups in total. The van der Waals surface area contributed by atoms with E-state index in [1.54, 1.807) is 0 Å². The Labute approximate surface area is 114 Å². The molecule has 0 heterocycles. The normalized spacial score (nSPS) is 11.8. The predicted octanol–water partition coefficient (Wildman–Crippen LogP) is 3.68. The van der Waals surface area contributed by atoms with Crippen LogP contribution in [-0.4, -0.2) is 5.11 Å².